The molecule has 4 nitrogen and oxygen atoms in total. The Labute approximate surface area is 59.2 Å². The van der Waals surface area contributed by atoms with Crippen LogP contribution in [0.3, 0.4) is 0 Å². The Balaban J connectivity index is 2.50. The Morgan fingerprint density at radius 1 is 1.70 bits per heavy atom. The van der Waals surface area contributed by atoms with Gasteiger partial charge in [0.05, 0.1) is 12.5 Å². The van der Waals surface area contributed by atoms with Crippen LogP contribution in [0.1, 0.15) is 19.8 Å². The lowest BCUT2D eigenvalue weighted by Gasteiger charge is -2.07. The molecule has 0 saturated heterocycles. The lowest BCUT2D eigenvalue weighted by molar-refractivity contribution is -0.149. The lowest BCUT2D eigenvalue weighted by Crippen LogP contribution is -2.13. The van der Waals surface area contributed by atoms with Crippen LogP contribution in [0.15, 0.2) is 10.4 Å². The van der Waals surface area contributed by atoms with Gasteiger partial charge in [-0.1, -0.05) is 6.92 Å². The zero-order chi connectivity index (χ0) is 7.40. The van der Waals surface area contributed by atoms with Gasteiger partial charge in [0.15, 0.2) is 0 Å². The molecule has 0 aromatic rings. The zero-order valence-corrected chi connectivity index (χ0v) is 5.91. The van der Waals surface area contributed by atoms with E-state index in [1.54, 1.807) is 0 Å². The topological polar surface area (TPSA) is 51.0 Å². The summed E-state index contributed by atoms with van der Waals surface area (Å²) in [4.78, 5) is 15.2. The van der Waals surface area contributed by atoms with Crippen molar-refractivity contribution in [1.82, 2.24) is 0 Å². The van der Waals surface area contributed by atoms with Gasteiger partial charge in [0.25, 0.3) is 0 Å². The minimum atomic E-state index is -0.275. The number of hydrogen-bond donors (Lipinski definition) is 0. The minimum absolute atomic E-state index is 0.0285. The molecule has 0 aliphatic carbocycles. The molecule has 1 heterocycles. The van der Waals surface area contributed by atoms with E-state index in [4.69, 9.17) is 0 Å². The highest BCUT2D eigenvalue weighted by Gasteiger charge is 2.15. The average molecular weight is 142 g/mol. The van der Waals surface area contributed by atoms with Crippen LogP contribution in [0.2, 0.25) is 0 Å². The molecule has 0 N–H and O–H groups in total. The van der Waals surface area contributed by atoms with E-state index in [2.05, 4.69) is 15.2 Å². The van der Waals surface area contributed by atoms with Gasteiger partial charge in [-0.3, -0.25) is 4.84 Å². The normalized spacial score (nSPS) is 26.9. The second kappa shape index (κ2) is 3.29. The predicted molar refractivity (Wildman–Crippen MR) is 34.2 cm³/mol. The van der Waals surface area contributed by atoms with E-state index in [0.717, 1.165) is 12.8 Å². The van der Waals surface area contributed by atoms with Crippen LogP contribution in [-0.4, -0.2) is 12.5 Å². The minimum Gasteiger partial charge on any atom is -0.300 e. The van der Waals surface area contributed by atoms with E-state index in [0.29, 0.717) is 6.54 Å². The van der Waals surface area contributed by atoms with Crippen molar-refractivity contribution < 1.29 is 9.63 Å². The van der Waals surface area contributed by atoms with Crippen molar-refractivity contribution in [2.24, 2.45) is 16.3 Å². The smallest absolute Gasteiger partial charge is 0.300 e. The van der Waals surface area contributed by atoms with Gasteiger partial charge in [-0.25, -0.2) is 4.79 Å². The van der Waals surface area contributed by atoms with Crippen LogP contribution >= 0.6 is 0 Å². The number of rotatable bonds is 0. The second-order valence-electron chi connectivity index (χ2n) is 2.40. The maximum atomic E-state index is 10.8. The van der Waals surface area contributed by atoms with Crippen molar-refractivity contribution in [3.63, 3.8) is 0 Å². The van der Waals surface area contributed by atoms with Crippen molar-refractivity contribution in [2.75, 3.05) is 6.54 Å². The first-order valence-corrected chi connectivity index (χ1v) is 3.38. The van der Waals surface area contributed by atoms with Gasteiger partial charge < -0.3 is 0 Å². The van der Waals surface area contributed by atoms with E-state index in [1.165, 1.54) is 0 Å². The molecule has 4 heteroatoms. The summed E-state index contributed by atoms with van der Waals surface area (Å²) in [6.45, 7) is 2.50. The largest absolute Gasteiger partial charge is 0.339 e. The maximum absolute atomic E-state index is 10.8. The molecular formula is C6H10N2O2. The van der Waals surface area contributed by atoms with E-state index < -0.39 is 0 Å². The number of carbonyl (C=O) groups excluding carboxylic acids is 1. The van der Waals surface area contributed by atoms with Crippen LogP contribution in [0.5, 0.6) is 0 Å². The van der Waals surface area contributed by atoms with Crippen LogP contribution < -0.4 is 0 Å². The zero-order valence-electron chi connectivity index (χ0n) is 5.91. The fraction of sp³-hybridized carbons (Fsp3) is 0.833. The molecule has 1 aliphatic rings. The number of hydrogen-bond acceptors (Lipinski definition) is 4. The van der Waals surface area contributed by atoms with E-state index >= 15 is 0 Å². The summed E-state index contributed by atoms with van der Waals surface area (Å²) in [5, 5.41) is 6.84. The average Bonchev–Trinajstić information content (AvgIpc) is 1.92. The first kappa shape index (κ1) is 7.18. The van der Waals surface area contributed by atoms with Crippen molar-refractivity contribution in [3.05, 3.63) is 0 Å². The fourth-order valence-electron chi connectivity index (χ4n) is 0.786. The molecule has 1 atom stereocenters. The lowest BCUT2D eigenvalue weighted by atomic mass is 10.1. The summed E-state index contributed by atoms with van der Waals surface area (Å²) in [5.74, 6) is -0.303. The molecule has 0 bridgehead atoms. The van der Waals surface area contributed by atoms with E-state index in [9.17, 15) is 4.79 Å². The summed E-state index contributed by atoms with van der Waals surface area (Å²) in [5.41, 5.74) is 0. The van der Waals surface area contributed by atoms with Gasteiger partial charge in [0.1, 0.15) is 0 Å². The number of carbonyl (C=O) groups is 1. The molecule has 0 radical (unpaired) electrons. The Morgan fingerprint density at radius 3 is 3.30 bits per heavy atom. The summed E-state index contributed by atoms with van der Waals surface area (Å²) in [7, 11) is 0. The van der Waals surface area contributed by atoms with Gasteiger partial charge >= 0.3 is 5.97 Å². The highest BCUT2D eigenvalue weighted by atomic mass is 16.7. The fourth-order valence-corrected chi connectivity index (χ4v) is 0.786. The first-order chi connectivity index (χ1) is 4.80. The highest BCUT2D eigenvalue weighted by Crippen LogP contribution is 2.10. The standard InChI is InChI=1S/C6H10N2O2/c1-5-3-2-4-7-8-10-6(5)9/h5H,2-4H2,1H3. The molecule has 0 aromatic carbocycles. The Morgan fingerprint density at radius 2 is 2.50 bits per heavy atom. The Hall–Kier alpha value is -0.930. The molecule has 0 saturated carbocycles. The monoisotopic (exact) mass is 142 g/mol. The second-order valence-corrected chi connectivity index (χ2v) is 2.40. The molecule has 1 unspecified atom stereocenters. The molecule has 0 spiro atoms. The van der Waals surface area contributed by atoms with Crippen LogP contribution in [0.4, 0.5) is 0 Å². The van der Waals surface area contributed by atoms with Crippen LogP contribution in [0.25, 0.3) is 0 Å². The summed E-state index contributed by atoms with van der Waals surface area (Å²) >= 11 is 0. The summed E-state index contributed by atoms with van der Waals surface area (Å²) in [6.07, 6.45) is 1.76. The molecule has 0 amide bonds. The SMILES string of the molecule is CC1CCCN=NOC1=O. The molecular weight excluding hydrogens is 132 g/mol. The Bertz CT molecular complexity index is 156. The van der Waals surface area contributed by atoms with Gasteiger partial charge in [-0.15, -0.1) is 0 Å². The van der Waals surface area contributed by atoms with Crippen molar-refractivity contribution in [2.45, 2.75) is 19.8 Å². The first-order valence-electron chi connectivity index (χ1n) is 3.38. The Kier molecular flexibility index (Phi) is 2.36. The molecule has 1 aliphatic heterocycles. The molecule has 0 aromatic heterocycles. The van der Waals surface area contributed by atoms with E-state index in [1.807, 2.05) is 6.92 Å². The third-order valence-corrected chi connectivity index (χ3v) is 1.49. The van der Waals surface area contributed by atoms with Crippen LogP contribution in [0, 0.1) is 5.92 Å². The third-order valence-electron chi connectivity index (χ3n) is 1.49. The van der Waals surface area contributed by atoms with Crippen molar-refractivity contribution >= 4 is 5.97 Å². The molecule has 10 heavy (non-hydrogen) atoms. The maximum Gasteiger partial charge on any atom is 0.339 e. The van der Waals surface area contributed by atoms with Gasteiger partial charge in [0.2, 0.25) is 0 Å². The molecule has 1 rings (SSSR count). The third kappa shape index (κ3) is 1.79. The number of nitrogens with zero attached hydrogens (tertiary/aromatic N) is 2. The van der Waals surface area contributed by atoms with E-state index in [-0.39, 0.29) is 11.9 Å². The van der Waals surface area contributed by atoms with Crippen LogP contribution in [-0.2, 0) is 9.63 Å². The quantitative estimate of drug-likeness (QED) is 0.512. The molecule has 0 fully saturated rings. The van der Waals surface area contributed by atoms with Gasteiger partial charge in [-0.2, -0.15) is 5.11 Å². The highest BCUT2D eigenvalue weighted by molar-refractivity contribution is 5.71. The predicted octanol–water partition coefficient (Wildman–Crippen LogP) is 1.33. The summed E-state index contributed by atoms with van der Waals surface area (Å²) < 4.78 is 0. The van der Waals surface area contributed by atoms with Gasteiger partial charge in [-0.05, 0) is 12.8 Å². The summed E-state index contributed by atoms with van der Waals surface area (Å²) in [6, 6.07) is 0. The van der Waals surface area contributed by atoms with Gasteiger partial charge in [0, 0.05) is 5.28 Å². The molecule has 56 valence electrons. The van der Waals surface area contributed by atoms with Crippen molar-refractivity contribution in [3.8, 4) is 0 Å². The van der Waals surface area contributed by atoms with Crippen molar-refractivity contribution in [1.29, 1.82) is 0 Å².